The van der Waals surface area contributed by atoms with Gasteiger partial charge in [-0.05, 0) is 62.1 Å². The molecule has 1 heterocycles. The normalized spacial score (nSPS) is 20.0. The van der Waals surface area contributed by atoms with Crippen LogP contribution in [0.25, 0.3) is 0 Å². The fourth-order valence-electron chi connectivity index (χ4n) is 5.04. The molecule has 2 aromatic carbocycles. The highest BCUT2D eigenvalue weighted by Crippen LogP contribution is 2.48. The van der Waals surface area contributed by atoms with Gasteiger partial charge >= 0.3 is 5.97 Å². The number of hydrogen-bond acceptors (Lipinski definition) is 6. The van der Waals surface area contributed by atoms with Gasteiger partial charge in [-0.15, -0.1) is 0 Å². The van der Waals surface area contributed by atoms with Crippen molar-refractivity contribution in [3.63, 3.8) is 0 Å². The summed E-state index contributed by atoms with van der Waals surface area (Å²) in [4.78, 5) is 28.6. The molecule has 0 spiro atoms. The van der Waals surface area contributed by atoms with Gasteiger partial charge in [0.15, 0.2) is 17.3 Å². The number of ketones is 1. The Morgan fingerprint density at radius 3 is 2.57 bits per heavy atom. The zero-order valence-corrected chi connectivity index (χ0v) is 21.1. The Bertz CT molecular complexity index is 1220. The number of nitrogens with zero attached hydrogens (tertiary/aromatic N) is 1. The first-order valence-electron chi connectivity index (χ1n) is 11.6. The number of anilines is 1. The fraction of sp³-hybridized carbons (Fsp3) is 0.370. The van der Waals surface area contributed by atoms with E-state index in [1.54, 1.807) is 37.1 Å². The fourth-order valence-corrected chi connectivity index (χ4v) is 5.21. The van der Waals surface area contributed by atoms with Crippen LogP contribution in [0, 0.1) is 18.3 Å². The predicted octanol–water partition coefficient (Wildman–Crippen LogP) is 5.43. The number of Topliss-reactive ketones (excluding diaryl/α,β-unsaturated/α-hetero) is 1. The van der Waals surface area contributed by atoms with Gasteiger partial charge in [-0.1, -0.05) is 23.7 Å². The van der Waals surface area contributed by atoms with Crippen LogP contribution in [0.3, 0.4) is 0 Å². The minimum Gasteiger partial charge on any atom is -0.493 e. The Kier molecular flexibility index (Phi) is 7.17. The first-order valence-corrected chi connectivity index (χ1v) is 12.0. The summed E-state index contributed by atoms with van der Waals surface area (Å²) in [5, 5.41) is 9.79. The zero-order chi connectivity index (χ0) is 25.3. The van der Waals surface area contributed by atoms with E-state index in [4.69, 9.17) is 25.8 Å². The third kappa shape index (κ3) is 4.29. The van der Waals surface area contributed by atoms with Crippen molar-refractivity contribution in [3.05, 3.63) is 63.8 Å². The SMILES string of the molecule is CCOC(=O)C1C(=N)N(c2cccc(Cl)c2C)C2=C(C(=O)CCC2)C1c1ccc(OC)c(OC)c1. The van der Waals surface area contributed by atoms with E-state index in [0.717, 1.165) is 11.3 Å². The summed E-state index contributed by atoms with van der Waals surface area (Å²) in [6.45, 7) is 3.76. The van der Waals surface area contributed by atoms with E-state index in [0.29, 0.717) is 52.6 Å². The van der Waals surface area contributed by atoms with Crippen molar-refractivity contribution in [2.24, 2.45) is 5.92 Å². The van der Waals surface area contributed by atoms with E-state index in [2.05, 4.69) is 0 Å². The summed E-state index contributed by atoms with van der Waals surface area (Å²) < 4.78 is 16.3. The first kappa shape index (κ1) is 24.8. The van der Waals surface area contributed by atoms with E-state index in [1.807, 2.05) is 25.1 Å². The molecule has 0 aromatic heterocycles. The number of allylic oxidation sites excluding steroid dienone is 2. The Labute approximate surface area is 210 Å². The molecular weight excluding hydrogens is 468 g/mol. The summed E-state index contributed by atoms with van der Waals surface area (Å²) >= 11 is 6.42. The van der Waals surface area contributed by atoms with Gasteiger partial charge in [-0.3, -0.25) is 15.0 Å². The van der Waals surface area contributed by atoms with Crippen LogP contribution < -0.4 is 14.4 Å². The number of esters is 1. The molecule has 0 amide bonds. The summed E-state index contributed by atoms with van der Waals surface area (Å²) in [6.07, 6.45) is 1.66. The number of ether oxygens (including phenoxy) is 3. The van der Waals surface area contributed by atoms with Crippen molar-refractivity contribution >= 4 is 34.9 Å². The van der Waals surface area contributed by atoms with E-state index in [9.17, 15) is 15.0 Å². The second kappa shape index (κ2) is 10.1. The van der Waals surface area contributed by atoms with Crippen molar-refractivity contribution in [1.29, 1.82) is 5.41 Å². The molecule has 2 aromatic rings. The molecule has 2 aliphatic rings. The molecule has 0 saturated heterocycles. The van der Waals surface area contributed by atoms with Gasteiger partial charge < -0.3 is 19.1 Å². The predicted molar refractivity (Wildman–Crippen MR) is 135 cm³/mol. The van der Waals surface area contributed by atoms with Crippen LogP contribution in [0.4, 0.5) is 5.69 Å². The summed E-state index contributed by atoms with van der Waals surface area (Å²) in [5.41, 5.74) is 3.42. The van der Waals surface area contributed by atoms with Crippen molar-refractivity contribution < 1.29 is 23.8 Å². The van der Waals surface area contributed by atoms with Crippen LogP contribution in [-0.2, 0) is 14.3 Å². The molecule has 2 unspecified atom stereocenters. The molecular formula is C27H29ClN2O5. The number of rotatable bonds is 6. The first-order chi connectivity index (χ1) is 16.8. The Hall–Kier alpha value is -3.32. The highest BCUT2D eigenvalue weighted by Gasteiger charge is 2.48. The van der Waals surface area contributed by atoms with Crippen molar-refractivity contribution in [2.75, 3.05) is 25.7 Å². The van der Waals surface area contributed by atoms with Gasteiger partial charge in [0, 0.05) is 28.6 Å². The largest absolute Gasteiger partial charge is 0.493 e. The number of methoxy groups -OCH3 is 2. The highest BCUT2D eigenvalue weighted by molar-refractivity contribution is 6.32. The van der Waals surface area contributed by atoms with Crippen molar-refractivity contribution in [3.8, 4) is 11.5 Å². The van der Waals surface area contributed by atoms with Gasteiger partial charge in [0.2, 0.25) is 0 Å². The van der Waals surface area contributed by atoms with Crippen LogP contribution in [-0.4, -0.2) is 38.4 Å². The topological polar surface area (TPSA) is 88.9 Å². The Morgan fingerprint density at radius 2 is 1.89 bits per heavy atom. The highest BCUT2D eigenvalue weighted by atomic mass is 35.5. The number of halogens is 1. The molecule has 35 heavy (non-hydrogen) atoms. The number of carbonyl (C=O) groups is 2. The average Bonchev–Trinajstić information content (AvgIpc) is 2.85. The lowest BCUT2D eigenvalue weighted by molar-refractivity contribution is -0.146. The lowest BCUT2D eigenvalue weighted by Gasteiger charge is -2.44. The quantitative estimate of drug-likeness (QED) is 0.536. The van der Waals surface area contributed by atoms with E-state index in [-0.39, 0.29) is 18.2 Å². The lowest BCUT2D eigenvalue weighted by Crippen LogP contribution is -2.49. The van der Waals surface area contributed by atoms with Crippen molar-refractivity contribution in [1.82, 2.24) is 0 Å². The van der Waals surface area contributed by atoms with Gasteiger partial charge in [-0.25, -0.2) is 0 Å². The van der Waals surface area contributed by atoms with Crippen LogP contribution in [0.2, 0.25) is 5.02 Å². The molecule has 0 saturated carbocycles. The summed E-state index contributed by atoms with van der Waals surface area (Å²) in [6, 6.07) is 10.8. The zero-order valence-electron chi connectivity index (χ0n) is 20.3. The number of nitrogens with one attached hydrogen (secondary N) is 1. The second-order valence-corrected chi connectivity index (χ2v) is 8.97. The molecule has 4 rings (SSSR count). The van der Waals surface area contributed by atoms with Gasteiger partial charge in [-0.2, -0.15) is 0 Å². The van der Waals surface area contributed by atoms with Gasteiger partial charge in [0.25, 0.3) is 0 Å². The van der Waals surface area contributed by atoms with E-state index < -0.39 is 17.8 Å². The van der Waals surface area contributed by atoms with Crippen LogP contribution in [0.5, 0.6) is 11.5 Å². The molecule has 0 fully saturated rings. The second-order valence-electron chi connectivity index (χ2n) is 8.56. The summed E-state index contributed by atoms with van der Waals surface area (Å²) in [7, 11) is 3.08. The third-order valence-electron chi connectivity index (χ3n) is 6.67. The molecule has 8 heteroatoms. The number of benzene rings is 2. The third-order valence-corrected chi connectivity index (χ3v) is 7.08. The Balaban J connectivity index is 2.00. The maximum absolute atomic E-state index is 13.5. The number of amidine groups is 1. The molecule has 1 N–H and O–H groups in total. The molecule has 1 aliphatic heterocycles. The van der Waals surface area contributed by atoms with Crippen LogP contribution in [0.1, 0.15) is 43.2 Å². The minimum atomic E-state index is -1.02. The molecule has 0 bridgehead atoms. The molecule has 184 valence electrons. The maximum Gasteiger partial charge on any atom is 0.317 e. The maximum atomic E-state index is 13.5. The summed E-state index contributed by atoms with van der Waals surface area (Å²) in [5.74, 6) is -1.20. The number of hydrogen-bond donors (Lipinski definition) is 1. The molecule has 1 aliphatic carbocycles. The lowest BCUT2D eigenvalue weighted by atomic mass is 9.71. The minimum absolute atomic E-state index is 0.0301. The smallest absolute Gasteiger partial charge is 0.317 e. The van der Waals surface area contributed by atoms with Gasteiger partial charge in [0.05, 0.1) is 26.5 Å². The van der Waals surface area contributed by atoms with E-state index >= 15 is 0 Å². The number of carbonyl (C=O) groups excluding carboxylic acids is 2. The average molecular weight is 497 g/mol. The molecule has 7 nitrogen and oxygen atoms in total. The standard InChI is InChI=1S/C27H29ClN2O5/c1-5-35-27(32)25-23(16-12-13-21(33-3)22(14-16)34-4)24-19(10-7-11-20(24)31)30(26(25)29)18-9-6-8-17(28)15(18)2/h6,8-9,12-14,23,25,29H,5,7,10-11H2,1-4H3. The van der Waals surface area contributed by atoms with Crippen molar-refractivity contribution in [2.45, 2.75) is 39.0 Å². The molecule has 0 radical (unpaired) electrons. The monoisotopic (exact) mass is 496 g/mol. The van der Waals surface area contributed by atoms with Crippen LogP contribution in [0.15, 0.2) is 47.7 Å². The van der Waals surface area contributed by atoms with E-state index in [1.165, 1.54) is 7.11 Å². The van der Waals surface area contributed by atoms with Gasteiger partial charge in [0.1, 0.15) is 11.8 Å². The van der Waals surface area contributed by atoms with Crippen LogP contribution >= 0.6 is 11.6 Å². The Morgan fingerprint density at radius 1 is 1.14 bits per heavy atom. The molecule has 2 atom stereocenters.